The number of nitrogens with zero attached hydrogens (tertiary/aromatic N) is 1. The SMILES string of the molecule is COC(=O)Cc1csc(NC(=O)CCCSc2ccc(Cl)cc2)n1. The fraction of sp³-hybridized carbons (Fsp3) is 0.312. The van der Waals surface area contributed by atoms with Crippen LogP contribution in [-0.2, 0) is 20.7 Å². The first-order chi connectivity index (χ1) is 11.6. The van der Waals surface area contributed by atoms with Gasteiger partial charge in [0.1, 0.15) is 0 Å². The molecule has 5 nitrogen and oxygen atoms in total. The van der Waals surface area contributed by atoms with Crippen LogP contribution in [0.3, 0.4) is 0 Å². The molecule has 0 spiro atoms. The summed E-state index contributed by atoms with van der Waals surface area (Å²) in [4.78, 5) is 28.4. The van der Waals surface area contributed by atoms with Crippen molar-refractivity contribution in [1.82, 2.24) is 4.98 Å². The Morgan fingerprint density at radius 3 is 2.79 bits per heavy atom. The van der Waals surface area contributed by atoms with E-state index in [0.717, 1.165) is 17.1 Å². The lowest BCUT2D eigenvalue weighted by Gasteiger charge is -2.03. The average molecular weight is 385 g/mol. The Balaban J connectivity index is 1.67. The smallest absolute Gasteiger partial charge is 0.311 e. The lowest BCUT2D eigenvalue weighted by molar-refractivity contribution is -0.139. The van der Waals surface area contributed by atoms with E-state index in [1.165, 1.54) is 18.4 Å². The van der Waals surface area contributed by atoms with Crippen LogP contribution in [-0.4, -0.2) is 29.7 Å². The van der Waals surface area contributed by atoms with Crippen molar-refractivity contribution >= 4 is 51.7 Å². The number of rotatable bonds is 8. The number of amides is 1. The predicted molar refractivity (Wildman–Crippen MR) is 97.9 cm³/mol. The number of nitrogens with one attached hydrogen (secondary N) is 1. The van der Waals surface area contributed by atoms with Gasteiger partial charge in [0, 0.05) is 21.7 Å². The Morgan fingerprint density at radius 1 is 1.33 bits per heavy atom. The highest BCUT2D eigenvalue weighted by atomic mass is 35.5. The van der Waals surface area contributed by atoms with Crippen molar-refractivity contribution < 1.29 is 14.3 Å². The normalized spacial score (nSPS) is 10.4. The molecule has 1 heterocycles. The van der Waals surface area contributed by atoms with Gasteiger partial charge in [0.05, 0.1) is 19.2 Å². The first kappa shape index (κ1) is 18.8. The number of hydrogen-bond acceptors (Lipinski definition) is 6. The summed E-state index contributed by atoms with van der Waals surface area (Å²) in [6, 6.07) is 7.63. The van der Waals surface area contributed by atoms with E-state index >= 15 is 0 Å². The molecule has 0 bridgehead atoms. The van der Waals surface area contributed by atoms with Gasteiger partial charge >= 0.3 is 5.97 Å². The number of halogens is 1. The Morgan fingerprint density at radius 2 is 2.08 bits per heavy atom. The van der Waals surface area contributed by atoms with Gasteiger partial charge < -0.3 is 10.1 Å². The zero-order valence-electron chi connectivity index (χ0n) is 13.1. The first-order valence-corrected chi connectivity index (χ1v) is 9.50. The third-order valence-corrected chi connectivity index (χ3v) is 5.14. The highest BCUT2D eigenvalue weighted by Gasteiger charge is 2.10. The first-order valence-electron chi connectivity index (χ1n) is 7.26. The van der Waals surface area contributed by atoms with E-state index in [2.05, 4.69) is 15.0 Å². The summed E-state index contributed by atoms with van der Waals surface area (Å²) >= 11 is 8.82. The molecule has 24 heavy (non-hydrogen) atoms. The third kappa shape index (κ3) is 6.51. The van der Waals surface area contributed by atoms with Crippen LogP contribution in [0.25, 0.3) is 0 Å². The van der Waals surface area contributed by atoms with E-state index in [1.54, 1.807) is 17.1 Å². The van der Waals surface area contributed by atoms with Crippen molar-refractivity contribution in [2.24, 2.45) is 0 Å². The van der Waals surface area contributed by atoms with Crippen LogP contribution in [0.2, 0.25) is 5.02 Å². The minimum absolute atomic E-state index is 0.0781. The van der Waals surface area contributed by atoms with Crippen LogP contribution < -0.4 is 5.32 Å². The monoisotopic (exact) mass is 384 g/mol. The molecule has 0 aliphatic carbocycles. The summed E-state index contributed by atoms with van der Waals surface area (Å²) in [7, 11) is 1.33. The molecular formula is C16H17ClN2O3S2. The number of thiazole rings is 1. The second-order valence-electron chi connectivity index (χ2n) is 4.85. The van der Waals surface area contributed by atoms with Crippen LogP contribution in [0.15, 0.2) is 34.5 Å². The van der Waals surface area contributed by atoms with Gasteiger partial charge in [-0.2, -0.15) is 0 Å². The number of carbonyl (C=O) groups excluding carboxylic acids is 2. The van der Waals surface area contributed by atoms with Crippen molar-refractivity contribution in [3.8, 4) is 0 Å². The molecule has 0 saturated heterocycles. The van der Waals surface area contributed by atoms with Crippen molar-refractivity contribution in [2.75, 3.05) is 18.2 Å². The molecule has 0 saturated carbocycles. The molecular weight excluding hydrogens is 368 g/mol. The predicted octanol–water partition coefficient (Wildman–Crippen LogP) is 4.02. The van der Waals surface area contributed by atoms with E-state index in [-0.39, 0.29) is 18.3 Å². The number of methoxy groups -OCH3 is 1. The molecule has 1 aromatic heterocycles. The van der Waals surface area contributed by atoms with E-state index < -0.39 is 0 Å². The minimum atomic E-state index is -0.350. The Bertz CT molecular complexity index is 689. The Hall–Kier alpha value is -1.57. The Labute approximate surface area is 153 Å². The summed E-state index contributed by atoms with van der Waals surface area (Å²) in [6.45, 7) is 0. The summed E-state index contributed by atoms with van der Waals surface area (Å²) in [5, 5.41) is 5.71. The average Bonchev–Trinajstić information content (AvgIpc) is 3.00. The lowest BCUT2D eigenvalue weighted by atomic mass is 10.3. The zero-order chi connectivity index (χ0) is 17.4. The molecule has 2 aromatic rings. The van der Waals surface area contributed by atoms with E-state index in [4.69, 9.17) is 11.6 Å². The molecule has 0 atom stereocenters. The van der Waals surface area contributed by atoms with Gasteiger partial charge in [0.25, 0.3) is 0 Å². The second-order valence-corrected chi connectivity index (χ2v) is 7.31. The molecule has 8 heteroatoms. The van der Waals surface area contributed by atoms with Crippen molar-refractivity contribution in [3.05, 3.63) is 40.4 Å². The molecule has 0 fully saturated rings. The summed E-state index contributed by atoms with van der Waals surface area (Å²) < 4.78 is 4.58. The Kier molecular flexibility index (Phi) is 7.55. The maximum atomic E-state index is 11.9. The molecule has 1 amide bonds. The number of thioether (sulfide) groups is 1. The van der Waals surface area contributed by atoms with Crippen molar-refractivity contribution in [3.63, 3.8) is 0 Å². The van der Waals surface area contributed by atoms with Crippen LogP contribution in [0, 0.1) is 0 Å². The lowest BCUT2D eigenvalue weighted by Crippen LogP contribution is -2.11. The van der Waals surface area contributed by atoms with Crippen molar-refractivity contribution in [1.29, 1.82) is 0 Å². The number of carbonyl (C=O) groups is 2. The van der Waals surface area contributed by atoms with Crippen LogP contribution in [0.5, 0.6) is 0 Å². The maximum absolute atomic E-state index is 11.9. The fourth-order valence-corrected chi connectivity index (χ4v) is 3.51. The number of benzene rings is 1. The highest BCUT2D eigenvalue weighted by Crippen LogP contribution is 2.22. The number of aromatic nitrogens is 1. The quantitative estimate of drug-likeness (QED) is 0.423. The topological polar surface area (TPSA) is 68.3 Å². The van der Waals surface area contributed by atoms with Gasteiger partial charge in [-0.3, -0.25) is 9.59 Å². The fourth-order valence-electron chi connectivity index (χ4n) is 1.80. The van der Waals surface area contributed by atoms with E-state index in [1.807, 2.05) is 24.3 Å². The largest absolute Gasteiger partial charge is 0.469 e. The minimum Gasteiger partial charge on any atom is -0.469 e. The molecule has 1 N–H and O–H groups in total. The van der Waals surface area contributed by atoms with Gasteiger partial charge in [-0.05, 0) is 36.4 Å². The standard InChI is InChI=1S/C16H17ClN2O3S2/c1-22-15(21)9-12-10-24-16(18-12)19-14(20)3-2-8-23-13-6-4-11(17)5-7-13/h4-7,10H,2-3,8-9H2,1H3,(H,18,19,20). The maximum Gasteiger partial charge on any atom is 0.311 e. The summed E-state index contributed by atoms with van der Waals surface area (Å²) in [5.74, 6) is 0.420. The number of ether oxygens (including phenoxy) is 1. The van der Waals surface area contributed by atoms with Gasteiger partial charge in [-0.15, -0.1) is 23.1 Å². The van der Waals surface area contributed by atoms with Crippen LogP contribution in [0.4, 0.5) is 5.13 Å². The number of hydrogen-bond donors (Lipinski definition) is 1. The zero-order valence-corrected chi connectivity index (χ0v) is 15.5. The molecule has 0 radical (unpaired) electrons. The molecule has 1 aromatic carbocycles. The molecule has 0 aliphatic rings. The molecule has 0 aliphatic heterocycles. The summed E-state index contributed by atoms with van der Waals surface area (Å²) in [6.07, 6.45) is 1.30. The van der Waals surface area contributed by atoms with Crippen LogP contribution >= 0.6 is 34.7 Å². The van der Waals surface area contributed by atoms with Crippen molar-refractivity contribution in [2.45, 2.75) is 24.2 Å². The van der Waals surface area contributed by atoms with Gasteiger partial charge in [-0.25, -0.2) is 4.98 Å². The molecule has 0 unspecified atom stereocenters. The van der Waals surface area contributed by atoms with Crippen LogP contribution in [0.1, 0.15) is 18.5 Å². The second kappa shape index (κ2) is 9.66. The third-order valence-electron chi connectivity index (χ3n) is 2.98. The highest BCUT2D eigenvalue weighted by molar-refractivity contribution is 7.99. The summed E-state index contributed by atoms with van der Waals surface area (Å²) in [5.41, 5.74) is 0.598. The molecule has 128 valence electrons. The number of anilines is 1. The number of esters is 1. The van der Waals surface area contributed by atoms with E-state index in [0.29, 0.717) is 22.3 Å². The van der Waals surface area contributed by atoms with Gasteiger partial charge in [0.15, 0.2) is 5.13 Å². The van der Waals surface area contributed by atoms with E-state index in [9.17, 15) is 9.59 Å². The molecule has 2 rings (SSSR count). The van der Waals surface area contributed by atoms with Gasteiger partial charge in [0.2, 0.25) is 5.91 Å². The van der Waals surface area contributed by atoms with Gasteiger partial charge in [-0.1, -0.05) is 11.6 Å².